The smallest absolute Gasteiger partial charge is 0.226 e. The van der Waals surface area contributed by atoms with Gasteiger partial charge in [-0.05, 0) is 37.0 Å². The van der Waals surface area contributed by atoms with E-state index >= 15 is 0 Å². The van der Waals surface area contributed by atoms with Gasteiger partial charge < -0.3 is 10.2 Å². The molecule has 1 heterocycles. The second-order valence-electron chi connectivity index (χ2n) is 7.12. The number of nitrogens with one attached hydrogen (secondary N) is 1. The third-order valence-electron chi connectivity index (χ3n) is 5.17. The van der Waals surface area contributed by atoms with Crippen LogP contribution in [0.4, 0.5) is 4.39 Å². The van der Waals surface area contributed by atoms with E-state index in [1.54, 1.807) is 19.2 Å². The second kappa shape index (κ2) is 7.34. The third-order valence-corrected chi connectivity index (χ3v) is 6.92. The van der Waals surface area contributed by atoms with Gasteiger partial charge >= 0.3 is 0 Å². The van der Waals surface area contributed by atoms with Crippen molar-refractivity contribution in [1.82, 2.24) is 10.2 Å². The molecule has 3 unspecified atom stereocenters. The highest BCUT2D eigenvalue weighted by Crippen LogP contribution is 2.40. The minimum Gasteiger partial charge on any atom is -0.356 e. The van der Waals surface area contributed by atoms with E-state index in [9.17, 15) is 22.4 Å². The van der Waals surface area contributed by atoms with Crippen LogP contribution in [0, 0.1) is 17.7 Å². The predicted octanol–water partition coefficient (Wildman–Crippen LogP) is 0.766. The van der Waals surface area contributed by atoms with Crippen LogP contribution in [0.25, 0.3) is 0 Å². The van der Waals surface area contributed by atoms with Crippen LogP contribution < -0.4 is 5.32 Å². The molecule has 1 saturated carbocycles. The van der Waals surface area contributed by atoms with Crippen LogP contribution >= 0.6 is 0 Å². The molecule has 2 fully saturated rings. The molecule has 1 saturated heterocycles. The monoisotopic (exact) mass is 382 g/mol. The molecular formula is C18H23FN2O4S. The predicted molar refractivity (Wildman–Crippen MR) is 94.5 cm³/mol. The first-order valence-electron chi connectivity index (χ1n) is 8.76. The summed E-state index contributed by atoms with van der Waals surface area (Å²) in [6.45, 7) is 0.429. The standard InChI is InChI=1S/C18H23FN2O4S/c1-21(14-7-9-26(24,25)11-14)18(23)16-10-15(16)17(22)20-8-6-12-2-4-13(19)5-3-12/h2-5,14-16H,6-11H2,1H3,(H,20,22). The molecule has 1 N–H and O–H groups in total. The number of benzene rings is 1. The molecule has 2 amide bonds. The van der Waals surface area contributed by atoms with Gasteiger partial charge in [-0.2, -0.15) is 0 Å². The lowest BCUT2D eigenvalue weighted by Gasteiger charge is -2.23. The second-order valence-corrected chi connectivity index (χ2v) is 9.35. The van der Waals surface area contributed by atoms with Crippen LogP contribution in [0.15, 0.2) is 24.3 Å². The minimum atomic E-state index is -3.05. The van der Waals surface area contributed by atoms with Gasteiger partial charge in [0, 0.05) is 19.6 Å². The lowest BCUT2D eigenvalue weighted by molar-refractivity contribution is -0.135. The van der Waals surface area contributed by atoms with Crippen molar-refractivity contribution in [3.05, 3.63) is 35.6 Å². The van der Waals surface area contributed by atoms with Crippen LogP contribution in [-0.4, -0.2) is 56.3 Å². The number of nitrogens with zero attached hydrogens (tertiary/aromatic N) is 1. The molecule has 6 nitrogen and oxygen atoms in total. The van der Waals surface area contributed by atoms with Gasteiger partial charge in [-0.1, -0.05) is 12.1 Å². The summed E-state index contributed by atoms with van der Waals surface area (Å²) in [5.74, 6) is -1.16. The van der Waals surface area contributed by atoms with Gasteiger partial charge in [0.2, 0.25) is 11.8 Å². The van der Waals surface area contributed by atoms with Crippen molar-refractivity contribution in [2.45, 2.75) is 25.3 Å². The molecule has 1 aliphatic carbocycles. The van der Waals surface area contributed by atoms with Crippen LogP contribution in [0.1, 0.15) is 18.4 Å². The molecule has 142 valence electrons. The molecule has 26 heavy (non-hydrogen) atoms. The zero-order chi connectivity index (χ0) is 18.9. The maximum absolute atomic E-state index is 12.9. The zero-order valence-corrected chi connectivity index (χ0v) is 15.5. The number of amides is 2. The van der Waals surface area contributed by atoms with Crippen molar-refractivity contribution in [3.63, 3.8) is 0 Å². The van der Waals surface area contributed by atoms with Crippen LogP contribution in [0.3, 0.4) is 0 Å². The Balaban J connectivity index is 1.43. The average Bonchev–Trinajstić information content (AvgIpc) is 3.32. The molecule has 3 atom stereocenters. The Morgan fingerprint density at radius 3 is 2.54 bits per heavy atom. The molecule has 8 heteroatoms. The van der Waals surface area contributed by atoms with E-state index in [0.717, 1.165) is 5.56 Å². The van der Waals surface area contributed by atoms with Crippen LogP contribution in [-0.2, 0) is 25.8 Å². The van der Waals surface area contributed by atoms with E-state index < -0.39 is 9.84 Å². The fourth-order valence-electron chi connectivity index (χ4n) is 3.39. The van der Waals surface area contributed by atoms with E-state index in [2.05, 4.69) is 5.32 Å². The van der Waals surface area contributed by atoms with E-state index in [1.165, 1.54) is 17.0 Å². The highest BCUT2D eigenvalue weighted by molar-refractivity contribution is 7.91. The van der Waals surface area contributed by atoms with Crippen LogP contribution in [0.2, 0.25) is 0 Å². The first-order chi connectivity index (χ1) is 12.3. The van der Waals surface area contributed by atoms with E-state index in [-0.39, 0.29) is 47.0 Å². The topological polar surface area (TPSA) is 83.6 Å². The Morgan fingerprint density at radius 1 is 1.23 bits per heavy atom. The van der Waals surface area contributed by atoms with Crippen molar-refractivity contribution in [3.8, 4) is 0 Å². The third kappa shape index (κ3) is 4.41. The number of carbonyl (C=O) groups excluding carboxylic acids is 2. The van der Waals surface area contributed by atoms with E-state index in [0.29, 0.717) is 25.8 Å². The maximum Gasteiger partial charge on any atom is 0.226 e. The molecule has 0 spiro atoms. The normalized spacial score (nSPS) is 26.3. The Labute approximate surface area is 152 Å². The fourth-order valence-corrected chi connectivity index (χ4v) is 5.17. The largest absolute Gasteiger partial charge is 0.356 e. The van der Waals surface area contributed by atoms with Crippen molar-refractivity contribution in [2.75, 3.05) is 25.1 Å². The molecule has 2 aliphatic rings. The summed E-state index contributed by atoms with van der Waals surface area (Å²) >= 11 is 0. The fraction of sp³-hybridized carbons (Fsp3) is 0.556. The van der Waals surface area contributed by atoms with Crippen molar-refractivity contribution < 1.29 is 22.4 Å². The summed E-state index contributed by atoms with van der Waals surface area (Å²) in [7, 11) is -1.43. The molecule has 0 aromatic heterocycles. The van der Waals surface area contributed by atoms with E-state index in [1.807, 2.05) is 0 Å². The summed E-state index contributed by atoms with van der Waals surface area (Å²) in [6.07, 6.45) is 1.56. The van der Waals surface area contributed by atoms with Gasteiger partial charge in [0.1, 0.15) is 5.82 Å². The Morgan fingerprint density at radius 2 is 1.92 bits per heavy atom. The molecule has 1 aromatic rings. The number of carbonyl (C=O) groups is 2. The SMILES string of the molecule is CN(C(=O)C1CC1C(=O)NCCc1ccc(F)cc1)C1CCS(=O)(=O)C1. The number of hydrogen-bond donors (Lipinski definition) is 1. The lowest BCUT2D eigenvalue weighted by Crippen LogP contribution is -2.39. The van der Waals surface area contributed by atoms with Gasteiger partial charge in [0.25, 0.3) is 0 Å². The van der Waals surface area contributed by atoms with E-state index in [4.69, 9.17) is 0 Å². The highest BCUT2D eigenvalue weighted by atomic mass is 32.2. The molecule has 1 aliphatic heterocycles. The summed E-state index contributed by atoms with van der Waals surface area (Å²) in [6, 6.07) is 5.83. The van der Waals surface area contributed by atoms with Crippen molar-refractivity contribution in [1.29, 1.82) is 0 Å². The Bertz CT molecular complexity index is 794. The maximum atomic E-state index is 12.9. The molecule has 0 radical (unpaired) electrons. The summed E-state index contributed by atoms with van der Waals surface area (Å²) < 4.78 is 36.0. The molecular weight excluding hydrogens is 359 g/mol. The van der Waals surface area contributed by atoms with Crippen molar-refractivity contribution >= 4 is 21.7 Å². The van der Waals surface area contributed by atoms with Crippen molar-refractivity contribution in [2.24, 2.45) is 11.8 Å². The highest BCUT2D eigenvalue weighted by Gasteiger charge is 2.50. The van der Waals surface area contributed by atoms with Gasteiger partial charge in [0.05, 0.1) is 23.3 Å². The zero-order valence-electron chi connectivity index (χ0n) is 14.7. The number of hydrogen-bond acceptors (Lipinski definition) is 4. The first kappa shape index (κ1) is 18.8. The van der Waals surface area contributed by atoms with Gasteiger partial charge in [-0.15, -0.1) is 0 Å². The van der Waals surface area contributed by atoms with Gasteiger partial charge in [-0.25, -0.2) is 12.8 Å². The summed E-state index contributed by atoms with van der Waals surface area (Å²) in [4.78, 5) is 26.1. The Hall–Kier alpha value is -1.96. The quantitative estimate of drug-likeness (QED) is 0.788. The number of rotatable bonds is 6. The molecule has 1 aromatic carbocycles. The van der Waals surface area contributed by atoms with Gasteiger partial charge in [0.15, 0.2) is 9.84 Å². The lowest BCUT2D eigenvalue weighted by atomic mass is 10.1. The molecule has 0 bridgehead atoms. The number of sulfone groups is 1. The summed E-state index contributed by atoms with van der Waals surface area (Å²) in [5, 5.41) is 2.81. The minimum absolute atomic E-state index is 0.0104. The number of halogens is 1. The molecule has 3 rings (SSSR count). The summed E-state index contributed by atoms with van der Waals surface area (Å²) in [5.41, 5.74) is 0.928. The average molecular weight is 382 g/mol. The Kier molecular flexibility index (Phi) is 5.32. The van der Waals surface area contributed by atoms with Crippen LogP contribution in [0.5, 0.6) is 0 Å². The first-order valence-corrected chi connectivity index (χ1v) is 10.6. The van der Waals surface area contributed by atoms with Gasteiger partial charge in [-0.3, -0.25) is 9.59 Å².